The Kier molecular flexibility index (Phi) is 3.26. The molecule has 3 aromatic rings. The van der Waals surface area contributed by atoms with Gasteiger partial charge < -0.3 is 0 Å². The lowest BCUT2D eigenvalue weighted by Gasteiger charge is -2.16. The van der Waals surface area contributed by atoms with E-state index >= 15 is 0 Å². The number of aromatic nitrogens is 4. The van der Waals surface area contributed by atoms with Gasteiger partial charge in [0, 0.05) is 31.8 Å². The second kappa shape index (κ2) is 5.37. The van der Waals surface area contributed by atoms with Gasteiger partial charge in [0.15, 0.2) is 11.2 Å². The number of nitro groups is 1. The van der Waals surface area contributed by atoms with Crippen LogP contribution in [0.4, 0.5) is 11.6 Å². The molecule has 1 aliphatic rings. The largest absolute Gasteiger partial charge is 0.332 e. The van der Waals surface area contributed by atoms with Crippen molar-refractivity contribution >= 4 is 28.5 Å². The highest BCUT2D eigenvalue weighted by Gasteiger charge is 2.23. The lowest BCUT2D eigenvalue weighted by Crippen LogP contribution is -2.38. The number of anilines is 1. The Morgan fingerprint density at radius 2 is 1.85 bits per heavy atom. The number of non-ortho nitro benzene ring substituents is 1. The monoisotopic (exact) mass is 355 g/mol. The fraction of sp³-hybridized carbons (Fsp3) is 0.200. The molecule has 0 amide bonds. The predicted octanol–water partition coefficient (Wildman–Crippen LogP) is 0.172. The number of hydrogen-bond acceptors (Lipinski definition) is 7. The van der Waals surface area contributed by atoms with Crippen molar-refractivity contribution < 1.29 is 4.92 Å². The number of rotatable bonds is 2. The highest BCUT2D eigenvalue weighted by molar-refractivity contribution is 6.02. The minimum absolute atomic E-state index is 0.0178. The third-order valence-electron chi connectivity index (χ3n) is 4.36. The van der Waals surface area contributed by atoms with Crippen LogP contribution in [-0.4, -0.2) is 29.3 Å². The van der Waals surface area contributed by atoms with E-state index in [4.69, 9.17) is 0 Å². The maximum absolute atomic E-state index is 12.5. The number of nitrogens with one attached hydrogen (secondary N) is 1. The first-order valence-corrected chi connectivity index (χ1v) is 7.62. The molecule has 0 unspecified atom stereocenters. The molecule has 1 N–H and O–H groups in total. The van der Waals surface area contributed by atoms with Gasteiger partial charge in [0.2, 0.25) is 5.95 Å². The number of imidazole rings is 1. The van der Waals surface area contributed by atoms with Gasteiger partial charge in [0.1, 0.15) is 0 Å². The second-order valence-corrected chi connectivity index (χ2v) is 5.87. The molecule has 0 fully saturated rings. The number of aryl methyl sites for hydroxylation is 1. The fourth-order valence-corrected chi connectivity index (χ4v) is 2.92. The summed E-state index contributed by atoms with van der Waals surface area (Å²) in [4.78, 5) is 39.2. The molecular formula is C15H13N7O4. The lowest BCUT2D eigenvalue weighted by atomic mass is 10.1. The maximum Gasteiger partial charge on any atom is 0.332 e. The lowest BCUT2D eigenvalue weighted by molar-refractivity contribution is -0.384. The Morgan fingerprint density at radius 3 is 2.50 bits per heavy atom. The van der Waals surface area contributed by atoms with Crippen LogP contribution in [0, 0.1) is 10.1 Å². The summed E-state index contributed by atoms with van der Waals surface area (Å²) < 4.78 is 3.96. The van der Waals surface area contributed by atoms with Gasteiger partial charge in [-0.25, -0.2) is 10.2 Å². The molecule has 0 atom stereocenters. The molecule has 0 aliphatic carbocycles. The van der Waals surface area contributed by atoms with E-state index in [0.29, 0.717) is 17.2 Å². The molecule has 3 heterocycles. The first kappa shape index (κ1) is 15.7. The van der Waals surface area contributed by atoms with Crippen LogP contribution in [0.1, 0.15) is 5.56 Å². The first-order chi connectivity index (χ1) is 12.4. The molecule has 0 saturated heterocycles. The molecular weight excluding hydrogens is 342 g/mol. The van der Waals surface area contributed by atoms with Crippen LogP contribution in [-0.2, 0) is 20.6 Å². The Morgan fingerprint density at radius 1 is 1.15 bits per heavy atom. The Balaban J connectivity index is 1.82. The van der Waals surface area contributed by atoms with E-state index in [1.807, 2.05) is 0 Å². The highest BCUT2D eigenvalue weighted by atomic mass is 16.6. The summed E-state index contributed by atoms with van der Waals surface area (Å²) in [5.41, 5.74) is 3.65. The van der Waals surface area contributed by atoms with Crippen LogP contribution in [0.25, 0.3) is 11.2 Å². The molecule has 0 spiro atoms. The van der Waals surface area contributed by atoms with Crippen LogP contribution < -0.4 is 16.7 Å². The van der Waals surface area contributed by atoms with Gasteiger partial charge in [-0.05, 0) is 12.1 Å². The zero-order valence-corrected chi connectivity index (χ0v) is 13.8. The van der Waals surface area contributed by atoms with Gasteiger partial charge in [0.25, 0.3) is 11.2 Å². The van der Waals surface area contributed by atoms with Gasteiger partial charge in [-0.15, -0.1) is 0 Å². The van der Waals surface area contributed by atoms with Crippen molar-refractivity contribution in [2.45, 2.75) is 6.54 Å². The Labute approximate surface area is 145 Å². The summed E-state index contributed by atoms with van der Waals surface area (Å²) in [7, 11) is 2.95. The van der Waals surface area contributed by atoms with Crippen molar-refractivity contribution in [3.8, 4) is 0 Å². The molecule has 11 nitrogen and oxygen atoms in total. The fourth-order valence-electron chi connectivity index (χ4n) is 2.92. The van der Waals surface area contributed by atoms with Crippen LogP contribution in [0.3, 0.4) is 0 Å². The molecule has 2 aromatic heterocycles. The minimum atomic E-state index is -0.476. The maximum atomic E-state index is 12.5. The standard InChI is InChI=1S/C15H13N7O4/c1-19-12-11(13(23)20(2)15(19)24)21-7-10(17-18-14(21)16-12)8-3-5-9(6-4-8)22(25)26/h3-6H,7H2,1-2H3,(H,16,18). The van der Waals surface area contributed by atoms with E-state index in [0.717, 1.165) is 4.57 Å². The first-order valence-electron chi connectivity index (χ1n) is 7.62. The van der Waals surface area contributed by atoms with Gasteiger partial charge in [-0.2, -0.15) is 10.1 Å². The summed E-state index contributed by atoms with van der Waals surface area (Å²) in [6.45, 7) is 0.240. The van der Waals surface area contributed by atoms with Crippen molar-refractivity contribution in [2.75, 3.05) is 5.43 Å². The van der Waals surface area contributed by atoms with Crippen LogP contribution in [0.5, 0.6) is 0 Å². The average molecular weight is 355 g/mol. The molecule has 11 heteroatoms. The third kappa shape index (κ3) is 2.13. The number of fused-ring (bicyclic) bond motifs is 3. The molecule has 4 rings (SSSR count). The predicted molar refractivity (Wildman–Crippen MR) is 93.5 cm³/mol. The molecule has 1 aliphatic heterocycles. The van der Waals surface area contributed by atoms with Crippen molar-refractivity contribution in [2.24, 2.45) is 19.2 Å². The zero-order valence-electron chi connectivity index (χ0n) is 13.8. The summed E-state index contributed by atoms with van der Waals surface area (Å²) >= 11 is 0. The Hall–Kier alpha value is -3.76. The third-order valence-corrected chi connectivity index (χ3v) is 4.36. The number of nitro benzene ring substituents is 1. The molecule has 1 aromatic carbocycles. The van der Waals surface area contributed by atoms with E-state index in [1.165, 1.54) is 23.7 Å². The highest BCUT2D eigenvalue weighted by Crippen LogP contribution is 2.21. The minimum Gasteiger partial charge on any atom is -0.297 e. The molecule has 0 bridgehead atoms. The second-order valence-electron chi connectivity index (χ2n) is 5.87. The average Bonchev–Trinajstić information content (AvgIpc) is 3.03. The van der Waals surface area contributed by atoms with Crippen molar-refractivity contribution in [1.29, 1.82) is 0 Å². The number of hydrogen-bond donors (Lipinski definition) is 1. The number of nitrogens with zero attached hydrogens (tertiary/aromatic N) is 6. The smallest absolute Gasteiger partial charge is 0.297 e. The number of hydrazone groups is 1. The summed E-state index contributed by atoms with van der Waals surface area (Å²) in [6.07, 6.45) is 0. The molecule has 0 saturated carbocycles. The zero-order chi connectivity index (χ0) is 18.6. The van der Waals surface area contributed by atoms with E-state index < -0.39 is 16.2 Å². The van der Waals surface area contributed by atoms with Crippen molar-refractivity contribution in [1.82, 2.24) is 18.7 Å². The summed E-state index contributed by atoms with van der Waals surface area (Å²) in [5.74, 6) is 0.351. The summed E-state index contributed by atoms with van der Waals surface area (Å²) in [6, 6.07) is 5.97. The topological polar surface area (TPSA) is 129 Å². The van der Waals surface area contributed by atoms with Gasteiger partial charge >= 0.3 is 5.69 Å². The quantitative estimate of drug-likeness (QED) is 0.515. The Bertz CT molecular complexity index is 1210. The van der Waals surface area contributed by atoms with Crippen molar-refractivity contribution in [3.63, 3.8) is 0 Å². The SMILES string of the molecule is Cn1c(=O)c2c(nc3n2CC(c2ccc([N+](=O)[O-])cc2)=NN3)n(C)c1=O. The normalized spacial score (nSPS) is 13.2. The van der Waals surface area contributed by atoms with E-state index in [1.54, 1.807) is 23.7 Å². The molecule has 26 heavy (non-hydrogen) atoms. The summed E-state index contributed by atoms with van der Waals surface area (Å²) in [5, 5.41) is 15.0. The van der Waals surface area contributed by atoms with Crippen LogP contribution in [0.2, 0.25) is 0 Å². The van der Waals surface area contributed by atoms with Gasteiger partial charge in [-0.1, -0.05) is 0 Å². The van der Waals surface area contributed by atoms with Crippen molar-refractivity contribution in [3.05, 3.63) is 60.8 Å². The van der Waals surface area contributed by atoms with Crippen LogP contribution in [0.15, 0.2) is 39.0 Å². The van der Waals surface area contributed by atoms with E-state index in [9.17, 15) is 19.7 Å². The number of benzene rings is 1. The van der Waals surface area contributed by atoms with Gasteiger partial charge in [-0.3, -0.25) is 28.6 Å². The van der Waals surface area contributed by atoms with Crippen LogP contribution >= 0.6 is 0 Å². The van der Waals surface area contributed by atoms with E-state index in [-0.39, 0.29) is 23.4 Å². The van der Waals surface area contributed by atoms with Gasteiger partial charge in [0.05, 0.1) is 17.2 Å². The van der Waals surface area contributed by atoms with E-state index in [2.05, 4.69) is 15.5 Å². The molecule has 132 valence electrons. The molecule has 0 radical (unpaired) electrons.